The van der Waals surface area contributed by atoms with Gasteiger partial charge in [-0.25, -0.2) is 4.39 Å². The van der Waals surface area contributed by atoms with E-state index in [9.17, 15) is 14.7 Å². The van der Waals surface area contributed by atoms with Crippen molar-refractivity contribution in [3.63, 3.8) is 0 Å². The topological polar surface area (TPSA) is 92.6 Å². The first kappa shape index (κ1) is 27.7. The van der Waals surface area contributed by atoms with Gasteiger partial charge in [-0.3, -0.25) is 14.5 Å². The number of rotatable bonds is 6. The molecule has 6 rings (SSSR count). The molecule has 7 nitrogen and oxygen atoms in total. The molecule has 3 heterocycles. The Bertz CT molecular complexity index is 1740. The minimum Gasteiger partial charge on any atom is -0.507 e. The molecule has 0 aliphatic carbocycles. The first-order valence-electron chi connectivity index (χ1n) is 12.5. The maximum Gasteiger partial charge on any atom is 0.301 e. The highest BCUT2D eigenvalue weighted by Gasteiger charge is 2.49. The number of Topliss-reactive ketones (excluding diaryl/α,β-unsaturated/α-hetero) is 1. The number of anilines is 1. The summed E-state index contributed by atoms with van der Waals surface area (Å²) in [4.78, 5) is 28.0. The molecule has 4 aromatic rings. The van der Waals surface area contributed by atoms with E-state index in [0.717, 1.165) is 27.4 Å². The molecule has 41 heavy (non-hydrogen) atoms. The number of ketones is 1. The third-order valence-electron chi connectivity index (χ3n) is 6.78. The van der Waals surface area contributed by atoms with Crippen LogP contribution < -0.4 is 9.64 Å². The zero-order chi connectivity index (χ0) is 28.8. The Kier molecular flexibility index (Phi) is 7.50. The quantitative estimate of drug-likeness (QED) is 0.0792. The lowest BCUT2D eigenvalue weighted by Gasteiger charge is -2.22. The molecule has 1 N–H and O–H groups in total. The highest BCUT2D eigenvalue weighted by atomic mass is 35.5. The first-order chi connectivity index (χ1) is 19.7. The van der Waals surface area contributed by atoms with Crippen LogP contribution >= 0.6 is 46.3 Å². The molecular formula is C29H20Cl2FN3O4S2. The molecule has 2 aliphatic rings. The van der Waals surface area contributed by atoms with E-state index in [1.165, 1.54) is 30.0 Å². The predicted molar refractivity (Wildman–Crippen MR) is 157 cm³/mol. The molecule has 0 spiro atoms. The predicted octanol–water partition coefficient (Wildman–Crippen LogP) is 7.23. The number of aliphatic hydroxyl groups excluding tert-OH is 1. The minimum atomic E-state index is -1.25. The van der Waals surface area contributed by atoms with Gasteiger partial charge in [0, 0.05) is 33.3 Å². The van der Waals surface area contributed by atoms with Gasteiger partial charge in [0.15, 0.2) is 4.34 Å². The Balaban J connectivity index is 1.39. The van der Waals surface area contributed by atoms with E-state index in [-0.39, 0.29) is 22.4 Å². The third-order valence-corrected chi connectivity index (χ3v) is 9.47. The second-order valence-corrected chi connectivity index (χ2v) is 12.5. The Hall–Kier alpha value is -3.44. The van der Waals surface area contributed by atoms with E-state index in [1.807, 2.05) is 13.0 Å². The smallest absolute Gasteiger partial charge is 0.301 e. The van der Waals surface area contributed by atoms with Gasteiger partial charge in [0.05, 0.1) is 5.57 Å². The van der Waals surface area contributed by atoms with Crippen LogP contribution in [-0.2, 0) is 21.8 Å². The van der Waals surface area contributed by atoms with Crippen LogP contribution in [0.5, 0.6) is 5.75 Å². The van der Waals surface area contributed by atoms with Crippen LogP contribution in [0.4, 0.5) is 9.52 Å². The van der Waals surface area contributed by atoms with E-state index in [4.69, 9.17) is 27.9 Å². The fourth-order valence-electron chi connectivity index (χ4n) is 4.88. The third kappa shape index (κ3) is 5.21. The summed E-state index contributed by atoms with van der Waals surface area (Å²) in [6.07, 6.45) is 0.611. The number of halogens is 3. The van der Waals surface area contributed by atoms with Gasteiger partial charge in [-0.15, -0.1) is 10.2 Å². The number of thioether (sulfide) groups is 1. The van der Waals surface area contributed by atoms with Crippen molar-refractivity contribution in [3.8, 4) is 5.75 Å². The molecule has 1 amide bonds. The number of carbonyl (C=O) groups excluding carboxylic acids is 2. The van der Waals surface area contributed by atoms with E-state index in [0.29, 0.717) is 37.9 Å². The molecule has 3 aromatic carbocycles. The lowest BCUT2D eigenvalue weighted by Crippen LogP contribution is -2.29. The number of ether oxygens (including phenoxy) is 1. The first-order valence-corrected chi connectivity index (χ1v) is 15.0. The number of fused-ring (bicyclic) bond motifs is 1. The second-order valence-electron chi connectivity index (χ2n) is 9.52. The van der Waals surface area contributed by atoms with Gasteiger partial charge in [0.25, 0.3) is 5.78 Å². The van der Waals surface area contributed by atoms with Crippen molar-refractivity contribution in [1.29, 1.82) is 0 Å². The van der Waals surface area contributed by atoms with Crippen LogP contribution in [0.25, 0.3) is 5.76 Å². The molecule has 0 unspecified atom stereocenters. The number of carbonyl (C=O) groups is 2. The average Bonchev–Trinajstić information content (AvgIpc) is 3.63. The van der Waals surface area contributed by atoms with Crippen LogP contribution in [0.1, 0.15) is 35.2 Å². The summed E-state index contributed by atoms with van der Waals surface area (Å²) in [5.74, 6) is -1.77. The van der Waals surface area contributed by atoms with E-state index >= 15 is 4.39 Å². The van der Waals surface area contributed by atoms with Crippen molar-refractivity contribution in [2.45, 2.75) is 35.6 Å². The van der Waals surface area contributed by atoms with Crippen LogP contribution in [0.2, 0.25) is 10.0 Å². The SMILES string of the molecule is C[C@@H]1Cc2cc(/C(O)=C3\C(=O)C(=O)N(c4nnc(SCc5ccc(Cl)cc5Cl)s4)[C@@H]3c3ccccc3F)ccc2O1. The molecule has 2 aliphatic heterocycles. The number of benzene rings is 3. The van der Waals surface area contributed by atoms with Crippen molar-refractivity contribution in [1.82, 2.24) is 10.2 Å². The largest absolute Gasteiger partial charge is 0.507 e. The van der Waals surface area contributed by atoms with Crippen LogP contribution in [-0.4, -0.2) is 33.1 Å². The van der Waals surface area contributed by atoms with Gasteiger partial charge in [-0.1, -0.05) is 70.6 Å². The van der Waals surface area contributed by atoms with Gasteiger partial charge < -0.3 is 9.84 Å². The van der Waals surface area contributed by atoms with Crippen LogP contribution in [0.3, 0.4) is 0 Å². The van der Waals surface area contributed by atoms with Crippen molar-refractivity contribution in [2.75, 3.05) is 4.90 Å². The molecular weight excluding hydrogens is 608 g/mol. The second kappa shape index (κ2) is 11.1. The summed E-state index contributed by atoms with van der Waals surface area (Å²) in [6, 6.07) is 14.8. The molecule has 12 heteroatoms. The minimum absolute atomic E-state index is 0.0217. The molecule has 0 bridgehead atoms. The lowest BCUT2D eigenvalue weighted by molar-refractivity contribution is -0.132. The number of amides is 1. The average molecular weight is 629 g/mol. The summed E-state index contributed by atoms with van der Waals surface area (Å²) in [6.45, 7) is 1.93. The molecule has 1 fully saturated rings. The van der Waals surface area contributed by atoms with E-state index in [2.05, 4.69) is 10.2 Å². The summed E-state index contributed by atoms with van der Waals surface area (Å²) in [7, 11) is 0. The Labute approximate surface area is 252 Å². The molecule has 1 aromatic heterocycles. The number of aromatic nitrogens is 2. The van der Waals surface area contributed by atoms with Crippen LogP contribution in [0, 0.1) is 5.82 Å². The zero-order valence-corrected chi connectivity index (χ0v) is 24.5. The maximum atomic E-state index is 15.2. The van der Waals surface area contributed by atoms with E-state index < -0.39 is 29.3 Å². The van der Waals surface area contributed by atoms with Crippen molar-refractivity contribution >= 4 is 68.9 Å². The Morgan fingerprint density at radius 1 is 1.15 bits per heavy atom. The summed E-state index contributed by atoms with van der Waals surface area (Å²) >= 11 is 14.7. The highest BCUT2D eigenvalue weighted by Crippen LogP contribution is 2.45. The fraction of sp³-hybridized carbons (Fsp3) is 0.172. The van der Waals surface area contributed by atoms with Gasteiger partial charge in [-0.2, -0.15) is 0 Å². The lowest BCUT2D eigenvalue weighted by atomic mass is 9.94. The summed E-state index contributed by atoms with van der Waals surface area (Å²) in [5, 5.41) is 20.9. The summed E-state index contributed by atoms with van der Waals surface area (Å²) in [5.41, 5.74) is 1.84. The van der Waals surface area contributed by atoms with Gasteiger partial charge >= 0.3 is 5.91 Å². The van der Waals surface area contributed by atoms with Gasteiger partial charge in [0.2, 0.25) is 5.13 Å². The Morgan fingerprint density at radius 3 is 2.73 bits per heavy atom. The monoisotopic (exact) mass is 627 g/mol. The number of nitrogens with zero attached hydrogens (tertiary/aromatic N) is 3. The summed E-state index contributed by atoms with van der Waals surface area (Å²) < 4.78 is 21.4. The highest BCUT2D eigenvalue weighted by molar-refractivity contribution is 8.00. The standard InChI is InChI=1S/C29H20Cl2FN3O4S2/c1-14-10-17-11-15(7-9-22(17)39-14)25(36)23-24(19-4-2-3-5-21(19)32)35(27(38)26(23)37)28-33-34-29(41-28)40-13-16-6-8-18(30)12-20(16)31/h2-9,11-12,14,24,36H,10,13H2,1H3/b25-23+/t14-,24-/m1/s1. The van der Waals surface area contributed by atoms with Crippen molar-refractivity contribution in [2.24, 2.45) is 0 Å². The maximum absolute atomic E-state index is 15.2. The fourth-order valence-corrected chi connectivity index (χ4v) is 7.31. The molecule has 208 valence electrons. The normalized spacial score (nSPS) is 19.5. The molecule has 0 saturated carbocycles. The number of hydrogen-bond donors (Lipinski definition) is 1. The Morgan fingerprint density at radius 2 is 1.95 bits per heavy atom. The molecule has 0 radical (unpaired) electrons. The van der Waals surface area contributed by atoms with E-state index in [1.54, 1.807) is 36.4 Å². The molecule has 2 atom stereocenters. The zero-order valence-electron chi connectivity index (χ0n) is 21.3. The number of aliphatic hydroxyl groups is 1. The van der Waals surface area contributed by atoms with Crippen molar-refractivity contribution < 1.29 is 23.8 Å². The van der Waals surface area contributed by atoms with Crippen molar-refractivity contribution in [3.05, 3.63) is 104 Å². The molecule has 1 saturated heterocycles. The van der Waals surface area contributed by atoms with Crippen LogP contribution in [0.15, 0.2) is 70.6 Å². The number of hydrogen-bond acceptors (Lipinski definition) is 8. The van der Waals surface area contributed by atoms with Gasteiger partial charge in [0.1, 0.15) is 29.5 Å². The van der Waals surface area contributed by atoms with Gasteiger partial charge in [-0.05, 0) is 54.4 Å².